The zero-order valence-electron chi connectivity index (χ0n) is 20.4. The zero-order valence-corrected chi connectivity index (χ0v) is 22.1. The summed E-state index contributed by atoms with van der Waals surface area (Å²) < 4.78 is 49.2. The molecule has 11 heteroatoms. The van der Waals surface area contributed by atoms with Crippen LogP contribution in [0.5, 0.6) is 5.75 Å². The minimum absolute atomic E-state index is 0. The maximum Gasteiger partial charge on any atom is 0.416 e. The molecule has 1 aliphatic heterocycles. The van der Waals surface area contributed by atoms with E-state index < -0.39 is 23.8 Å². The number of carbonyl (C=O) groups is 1. The maximum atomic E-state index is 12.7. The topological polar surface area (TPSA) is 71.0 Å². The van der Waals surface area contributed by atoms with Crippen LogP contribution < -0.4 is 10.1 Å². The predicted octanol–water partition coefficient (Wildman–Crippen LogP) is 4.68. The molecule has 37 heavy (non-hydrogen) atoms. The van der Waals surface area contributed by atoms with Gasteiger partial charge in [0.15, 0.2) is 6.10 Å². The number of hydrogen-bond donors (Lipinski definition) is 2. The van der Waals surface area contributed by atoms with Gasteiger partial charge in [-0.3, -0.25) is 4.90 Å². The van der Waals surface area contributed by atoms with Gasteiger partial charge in [-0.15, -0.1) is 24.8 Å². The highest BCUT2D eigenvalue weighted by atomic mass is 35.5. The number of nitrogens with zero attached hydrogens (tertiary/aromatic N) is 1. The molecule has 2 N–H and O–H groups in total. The van der Waals surface area contributed by atoms with Crippen LogP contribution in [0.1, 0.15) is 23.6 Å². The van der Waals surface area contributed by atoms with Crippen LogP contribution in [0.4, 0.5) is 13.2 Å². The minimum Gasteiger partial charge on any atom is -0.492 e. The summed E-state index contributed by atoms with van der Waals surface area (Å²) in [6.07, 6.45) is -4.83. The summed E-state index contributed by atoms with van der Waals surface area (Å²) in [6.45, 7) is 5.95. The fourth-order valence-corrected chi connectivity index (χ4v) is 4.85. The number of fused-ring (bicyclic) bond motifs is 1. The number of piperidine rings is 1. The fourth-order valence-electron chi connectivity index (χ4n) is 4.85. The lowest BCUT2D eigenvalue weighted by atomic mass is 10.1. The van der Waals surface area contributed by atoms with E-state index in [2.05, 4.69) is 10.2 Å². The fraction of sp³-hybridized carbons (Fsp3) is 0.500. The molecule has 1 saturated heterocycles. The van der Waals surface area contributed by atoms with Gasteiger partial charge in [-0.25, -0.2) is 4.79 Å². The number of halogens is 5. The van der Waals surface area contributed by atoms with E-state index in [-0.39, 0.29) is 24.8 Å². The Morgan fingerprint density at radius 3 is 2.19 bits per heavy atom. The molecule has 4 rings (SSSR count). The van der Waals surface area contributed by atoms with Crippen LogP contribution >= 0.6 is 24.8 Å². The number of benzene rings is 2. The second-order valence-corrected chi connectivity index (χ2v) is 9.18. The molecule has 0 aromatic heterocycles. The highest BCUT2D eigenvalue weighted by Crippen LogP contribution is 2.45. The summed E-state index contributed by atoms with van der Waals surface area (Å²) in [4.78, 5) is 13.5. The molecule has 2 aromatic carbocycles. The Kier molecular flexibility index (Phi) is 11.5. The third kappa shape index (κ3) is 8.48. The van der Waals surface area contributed by atoms with Gasteiger partial charge in [0.2, 0.25) is 0 Å². The van der Waals surface area contributed by atoms with Crippen LogP contribution in [-0.4, -0.2) is 61.0 Å². The smallest absolute Gasteiger partial charge is 0.416 e. The standard InChI is InChI=1S/C26H31F3N2O4.2ClH/c1-2-34-23(25(32)33)13-17-5-9-20(10-6-17)35-12-11-30-24-21-15-31(16-22(21)24)14-18-3-7-19(8-4-18)26(27,28)29;;/h3-10,21-24,30H,2,11-16H2,1H3,(H,32,33);2*1H/t21-,22+,23-,24+;;/m0../s1. The summed E-state index contributed by atoms with van der Waals surface area (Å²) >= 11 is 0. The summed E-state index contributed by atoms with van der Waals surface area (Å²) in [5.74, 6) is 0.927. The number of ether oxygens (including phenoxy) is 2. The van der Waals surface area contributed by atoms with Crippen LogP contribution in [0.15, 0.2) is 48.5 Å². The van der Waals surface area contributed by atoms with Gasteiger partial charge in [-0.2, -0.15) is 13.2 Å². The average molecular weight is 565 g/mol. The largest absolute Gasteiger partial charge is 0.492 e. The Balaban J connectivity index is 0.00000241. The van der Waals surface area contributed by atoms with Gasteiger partial charge in [0.1, 0.15) is 12.4 Å². The number of nitrogens with one attached hydrogen (secondary N) is 1. The second kappa shape index (κ2) is 13.7. The summed E-state index contributed by atoms with van der Waals surface area (Å²) in [5.41, 5.74) is 1.17. The molecule has 0 radical (unpaired) electrons. The van der Waals surface area contributed by atoms with Crippen molar-refractivity contribution < 1.29 is 32.5 Å². The second-order valence-electron chi connectivity index (χ2n) is 9.18. The van der Waals surface area contributed by atoms with E-state index in [0.29, 0.717) is 44.1 Å². The van der Waals surface area contributed by atoms with Gasteiger partial charge in [0, 0.05) is 45.2 Å². The van der Waals surface area contributed by atoms with Gasteiger partial charge in [-0.05, 0) is 54.2 Å². The van der Waals surface area contributed by atoms with E-state index in [1.165, 1.54) is 0 Å². The van der Waals surface area contributed by atoms with Crippen LogP contribution in [0.25, 0.3) is 0 Å². The zero-order chi connectivity index (χ0) is 25.0. The van der Waals surface area contributed by atoms with E-state index in [9.17, 15) is 23.1 Å². The van der Waals surface area contributed by atoms with E-state index in [4.69, 9.17) is 9.47 Å². The molecule has 206 valence electrons. The lowest BCUT2D eigenvalue weighted by Gasteiger charge is -2.20. The van der Waals surface area contributed by atoms with E-state index in [0.717, 1.165) is 48.6 Å². The molecule has 2 aliphatic rings. The SMILES string of the molecule is CCO[C@@H](Cc1ccc(OCCN[C@H]2[C@@H]3CN(Cc4ccc(C(F)(F)F)cc4)C[C@@H]32)cc1)C(=O)O.Cl.Cl. The van der Waals surface area contributed by atoms with Crippen molar-refractivity contribution in [2.75, 3.05) is 32.8 Å². The number of hydrogen-bond acceptors (Lipinski definition) is 5. The molecule has 2 fully saturated rings. The number of rotatable bonds is 12. The Hall–Kier alpha value is -2.04. The average Bonchev–Trinajstić information content (AvgIpc) is 3.27. The quantitative estimate of drug-likeness (QED) is 0.365. The number of aliphatic carboxylic acids is 1. The Morgan fingerprint density at radius 2 is 1.65 bits per heavy atom. The van der Waals surface area contributed by atoms with Crippen molar-refractivity contribution in [1.29, 1.82) is 0 Å². The van der Waals surface area contributed by atoms with Crippen LogP contribution in [0.2, 0.25) is 0 Å². The molecule has 0 spiro atoms. The first-order chi connectivity index (χ1) is 16.7. The molecule has 1 heterocycles. The Labute approximate surface area is 227 Å². The molecule has 4 atom stereocenters. The monoisotopic (exact) mass is 564 g/mol. The highest BCUT2D eigenvalue weighted by molar-refractivity contribution is 5.85. The summed E-state index contributed by atoms with van der Waals surface area (Å²) in [5, 5.41) is 12.7. The first kappa shape index (κ1) is 31.2. The van der Waals surface area contributed by atoms with E-state index >= 15 is 0 Å². The van der Waals surface area contributed by atoms with Crippen molar-refractivity contribution in [2.24, 2.45) is 11.8 Å². The first-order valence-corrected chi connectivity index (χ1v) is 11.9. The van der Waals surface area contributed by atoms with Gasteiger partial charge >= 0.3 is 12.1 Å². The Morgan fingerprint density at radius 1 is 1.05 bits per heavy atom. The minimum atomic E-state index is -4.30. The van der Waals surface area contributed by atoms with Crippen LogP contribution in [-0.2, 0) is 28.7 Å². The van der Waals surface area contributed by atoms with Crippen molar-refractivity contribution in [3.8, 4) is 5.75 Å². The third-order valence-corrected chi connectivity index (χ3v) is 6.70. The molecule has 6 nitrogen and oxygen atoms in total. The van der Waals surface area contributed by atoms with Crippen molar-refractivity contribution >= 4 is 30.8 Å². The summed E-state index contributed by atoms with van der Waals surface area (Å²) in [7, 11) is 0. The third-order valence-electron chi connectivity index (χ3n) is 6.70. The molecule has 0 bridgehead atoms. The lowest BCUT2D eigenvalue weighted by molar-refractivity contribution is -0.150. The predicted molar refractivity (Wildman–Crippen MR) is 139 cm³/mol. The highest BCUT2D eigenvalue weighted by Gasteiger charge is 2.55. The molecule has 1 aliphatic carbocycles. The summed E-state index contributed by atoms with van der Waals surface area (Å²) in [6, 6.07) is 13.3. The maximum absolute atomic E-state index is 12.7. The van der Waals surface area contributed by atoms with Crippen molar-refractivity contribution in [2.45, 2.75) is 38.2 Å². The van der Waals surface area contributed by atoms with Gasteiger partial charge in [0.25, 0.3) is 0 Å². The molecule has 2 aromatic rings. The normalized spacial score (nSPS) is 21.4. The van der Waals surface area contributed by atoms with E-state index in [1.807, 2.05) is 24.3 Å². The van der Waals surface area contributed by atoms with Gasteiger partial charge < -0.3 is 19.9 Å². The molecule has 1 saturated carbocycles. The molecular formula is C26H33Cl2F3N2O4. The molecule has 0 unspecified atom stereocenters. The van der Waals surface area contributed by atoms with Crippen molar-refractivity contribution in [3.05, 3.63) is 65.2 Å². The first-order valence-electron chi connectivity index (χ1n) is 11.9. The molecule has 0 amide bonds. The van der Waals surface area contributed by atoms with Crippen LogP contribution in [0.3, 0.4) is 0 Å². The van der Waals surface area contributed by atoms with Crippen LogP contribution in [0, 0.1) is 11.8 Å². The van der Waals surface area contributed by atoms with Gasteiger partial charge in [0.05, 0.1) is 5.56 Å². The number of carboxylic acids is 1. The Bertz CT molecular complexity index is 981. The van der Waals surface area contributed by atoms with Crippen molar-refractivity contribution in [3.63, 3.8) is 0 Å². The van der Waals surface area contributed by atoms with Gasteiger partial charge in [-0.1, -0.05) is 24.3 Å². The number of carboxylic acid groups (broad SMARTS) is 1. The number of likely N-dealkylation sites (tertiary alicyclic amines) is 1. The van der Waals surface area contributed by atoms with Crippen molar-refractivity contribution in [1.82, 2.24) is 10.2 Å². The van der Waals surface area contributed by atoms with E-state index in [1.54, 1.807) is 19.1 Å². The lowest BCUT2D eigenvalue weighted by Crippen LogP contribution is -2.33. The molecular weight excluding hydrogens is 532 g/mol. The number of alkyl halides is 3.